The number of aryl methyl sites for hydroxylation is 1. The number of fused-ring (bicyclic) bond motifs is 1. The number of hydrogen-bond donors (Lipinski definition) is 1. The van der Waals surface area contributed by atoms with E-state index in [1.165, 1.54) is 28.7 Å². The first-order valence-electron chi connectivity index (χ1n) is 14.7. The van der Waals surface area contributed by atoms with Gasteiger partial charge in [0.15, 0.2) is 11.0 Å². The maximum Gasteiger partial charge on any atom is 0.326 e. The number of methoxy groups -OCH3 is 1. The van der Waals surface area contributed by atoms with Gasteiger partial charge >= 0.3 is 5.69 Å². The number of carbonyl (C=O) groups excluding carboxylic acids is 1. The second kappa shape index (κ2) is 12.4. The standard InChI is InChI=1S/C33H31N7O3S2/c1-21-10-12-23(13-11-21)40-30(22-6-5-7-25(18-22)43-2)36-37-33(40)45-20-29-34-27(19-44-29)31(41)38-16-14-24(15-17-38)39-28-9-4-3-8-26(28)35-32(39)42/h3-13,18-19,24H,14-17,20H2,1-2H3,(H,35,42). The van der Waals surface area contributed by atoms with Gasteiger partial charge in [0.1, 0.15) is 16.5 Å². The third-order valence-corrected chi connectivity index (χ3v) is 10.1. The number of hydrogen-bond acceptors (Lipinski definition) is 8. The lowest BCUT2D eigenvalue weighted by Crippen LogP contribution is -2.40. The van der Waals surface area contributed by atoms with E-state index < -0.39 is 0 Å². The van der Waals surface area contributed by atoms with E-state index in [9.17, 15) is 9.59 Å². The fourth-order valence-electron chi connectivity index (χ4n) is 5.77. The number of H-pyrrole nitrogens is 1. The predicted octanol–water partition coefficient (Wildman–Crippen LogP) is 6.12. The highest BCUT2D eigenvalue weighted by Crippen LogP contribution is 2.32. The van der Waals surface area contributed by atoms with Gasteiger partial charge in [-0.15, -0.1) is 21.5 Å². The molecule has 0 radical (unpaired) electrons. The number of benzene rings is 3. The first-order chi connectivity index (χ1) is 22.0. The predicted molar refractivity (Wildman–Crippen MR) is 176 cm³/mol. The van der Waals surface area contributed by atoms with Crippen LogP contribution in [0.2, 0.25) is 0 Å². The van der Waals surface area contributed by atoms with E-state index in [1.54, 1.807) is 7.11 Å². The Morgan fingerprint density at radius 1 is 1.04 bits per heavy atom. The van der Waals surface area contributed by atoms with E-state index in [-0.39, 0.29) is 17.6 Å². The van der Waals surface area contributed by atoms with Crippen LogP contribution in [0.4, 0.5) is 0 Å². The van der Waals surface area contributed by atoms with Crippen LogP contribution in [-0.4, -0.2) is 60.3 Å². The van der Waals surface area contributed by atoms with Crippen molar-refractivity contribution in [1.82, 2.24) is 34.2 Å². The van der Waals surface area contributed by atoms with Crippen molar-refractivity contribution in [3.05, 3.63) is 105 Å². The van der Waals surface area contributed by atoms with Gasteiger partial charge in [-0.25, -0.2) is 9.78 Å². The normalized spacial score (nSPS) is 13.9. The number of carbonyl (C=O) groups is 1. The molecular weight excluding hydrogens is 607 g/mol. The molecule has 3 aromatic carbocycles. The number of imidazole rings is 1. The van der Waals surface area contributed by atoms with E-state index in [4.69, 9.17) is 9.72 Å². The second-order valence-electron chi connectivity index (χ2n) is 11.0. The maximum atomic E-state index is 13.4. The average Bonchev–Trinajstić information content (AvgIpc) is 3.80. The molecule has 0 atom stereocenters. The van der Waals surface area contributed by atoms with Crippen LogP contribution in [0.1, 0.15) is 39.9 Å². The molecule has 3 aromatic heterocycles. The lowest BCUT2D eigenvalue weighted by molar-refractivity contribution is 0.0689. The van der Waals surface area contributed by atoms with Gasteiger partial charge in [0.2, 0.25) is 0 Å². The van der Waals surface area contributed by atoms with Gasteiger partial charge in [0, 0.05) is 35.8 Å². The number of para-hydroxylation sites is 2. The monoisotopic (exact) mass is 637 g/mol. The van der Waals surface area contributed by atoms with Gasteiger partial charge in [-0.1, -0.05) is 53.7 Å². The van der Waals surface area contributed by atoms with Gasteiger partial charge in [-0.2, -0.15) is 0 Å². The zero-order valence-electron chi connectivity index (χ0n) is 24.8. The van der Waals surface area contributed by atoms with Crippen LogP contribution in [0.3, 0.4) is 0 Å². The van der Waals surface area contributed by atoms with Gasteiger partial charge in [-0.3, -0.25) is 13.9 Å². The van der Waals surface area contributed by atoms with Gasteiger partial charge < -0.3 is 14.6 Å². The molecule has 7 rings (SSSR count). The molecule has 1 saturated heterocycles. The fourth-order valence-corrected chi connectivity index (χ4v) is 7.50. The summed E-state index contributed by atoms with van der Waals surface area (Å²) >= 11 is 3.00. The van der Waals surface area contributed by atoms with Crippen molar-refractivity contribution in [3.8, 4) is 22.8 Å². The molecule has 0 aliphatic carbocycles. The number of thioether (sulfide) groups is 1. The van der Waals surface area contributed by atoms with E-state index in [0.717, 1.165) is 38.2 Å². The van der Waals surface area contributed by atoms with Gasteiger partial charge in [-0.05, 0) is 56.2 Å². The van der Waals surface area contributed by atoms with Crippen LogP contribution in [-0.2, 0) is 5.75 Å². The third kappa shape index (κ3) is 5.78. The SMILES string of the molecule is COc1cccc(-c2nnc(SCc3nc(C(=O)N4CCC(n5c(=O)[nH]c6ccccc65)CC4)cs3)n2-c2ccc(C)cc2)c1. The minimum atomic E-state index is -0.101. The second-order valence-corrected chi connectivity index (χ2v) is 12.9. The van der Waals surface area contributed by atoms with Crippen LogP contribution >= 0.6 is 23.1 Å². The van der Waals surface area contributed by atoms with Gasteiger partial charge in [0.25, 0.3) is 5.91 Å². The fraction of sp³-hybridized carbons (Fsp3) is 0.242. The number of thiazole rings is 1. The zero-order chi connectivity index (χ0) is 30.9. The number of likely N-dealkylation sites (tertiary alicyclic amines) is 1. The van der Waals surface area contributed by atoms with Crippen molar-refractivity contribution in [2.24, 2.45) is 0 Å². The summed E-state index contributed by atoms with van der Waals surface area (Å²) in [6.07, 6.45) is 1.43. The molecule has 45 heavy (non-hydrogen) atoms. The Hall–Kier alpha value is -4.68. The number of piperidine rings is 1. The minimum Gasteiger partial charge on any atom is -0.497 e. The summed E-state index contributed by atoms with van der Waals surface area (Å²) in [5, 5.41) is 12.5. The summed E-state index contributed by atoms with van der Waals surface area (Å²) in [5.74, 6) is 1.94. The first-order valence-corrected chi connectivity index (χ1v) is 16.6. The number of amides is 1. The Morgan fingerprint density at radius 2 is 1.84 bits per heavy atom. The first kappa shape index (κ1) is 29.1. The summed E-state index contributed by atoms with van der Waals surface area (Å²) in [5.41, 5.74) is 5.12. The summed E-state index contributed by atoms with van der Waals surface area (Å²) in [6.45, 7) is 3.21. The van der Waals surface area contributed by atoms with Crippen molar-refractivity contribution >= 4 is 40.0 Å². The summed E-state index contributed by atoms with van der Waals surface area (Å²) in [7, 11) is 1.65. The number of aromatic nitrogens is 6. The molecule has 1 aliphatic rings. The van der Waals surface area contributed by atoms with E-state index in [1.807, 2.05) is 67.9 Å². The minimum absolute atomic E-state index is 0.0489. The van der Waals surface area contributed by atoms with Crippen LogP contribution in [0.15, 0.2) is 88.1 Å². The lowest BCUT2D eigenvalue weighted by Gasteiger charge is -2.32. The number of aromatic amines is 1. The average molecular weight is 638 g/mol. The van der Waals surface area contributed by atoms with Gasteiger partial charge in [0.05, 0.1) is 23.9 Å². The molecule has 4 heterocycles. The zero-order valence-corrected chi connectivity index (χ0v) is 26.5. The molecule has 0 saturated carbocycles. The molecule has 0 unspecified atom stereocenters. The molecule has 1 amide bonds. The highest BCUT2D eigenvalue weighted by Gasteiger charge is 2.28. The largest absolute Gasteiger partial charge is 0.497 e. The van der Waals surface area contributed by atoms with Crippen LogP contribution in [0.5, 0.6) is 5.75 Å². The Bertz CT molecular complexity index is 2040. The maximum absolute atomic E-state index is 13.4. The summed E-state index contributed by atoms with van der Waals surface area (Å²) in [4.78, 5) is 35.5. The molecule has 1 aliphatic heterocycles. The summed E-state index contributed by atoms with van der Waals surface area (Å²) < 4.78 is 9.32. The smallest absolute Gasteiger partial charge is 0.326 e. The number of ether oxygens (including phenoxy) is 1. The Labute approximate surface area is 267 Å². The van der Waals surface area contributed by atoms with Crippen molar-refractivity contribution in [2.75, 3.05) is 20.2 Å². The van der Waals surface area contributed by atoms with Crippen molar-refractivity contribution < 1.29 is 9.53 Å². The number of rotatable bonds is 8. The van der Waals surface area contributed by atoms with Crippen LogP contribution in [0, 0.1) is 6.92 Å². The Morgan fingerprint density at radius 3 is 2.64 bits per heavy atom. The van der Waals surface area contributed by atoms with Crippen LogP contribution in [0.25, 0.3) is 28.1 Å². The molecule has 1 N–H and O–H groups in total. The molecule has 10 nitrogen and oxygen atoms in total. The molecule has 6 aromatic rings. The van der Waals surface area contributed by atoms with Crippen LogP contribution < -0.4 is 10.4 Å². The van der Waals surface area contributed by atoms with E-state index in [2.05, 4.69) is 46.4 Å². The Balaban J connectivity index is 1.05. The highest BCUT2D eigenvalue weighted by molar-refractivity contribution is 7.98. The molecule has 1 fully saturated rings. The number of nitrogens with one attached hydrogen (secondary N) is 1. The van der Waals surface area contributed by atoms with Crippen molar-refractivity contribution in [3.63, 3.8) is 0 Å². The highest BCUT2D eigenvalue weighted by atomic mass is 32.2. The molecule has 12 heteroatoms. The quantitative estimate of drug-likeness (QED) is 0.200. The Kier molecular flexibility index (Phi) is 7.99. The lowest BCUT2D eigenvalue weighted by atomic mass is 10.0. The van der Waals surface area contributed by atoms with E-state index in [0.29, 0.717) is 43.2 Å². The molecule has 0 bridgehead atoms. The topological polar surface area (TPSA) is 111 Å². The molecule has 228 valence electrons. The number of nitrogens with zero attached hydrogens (tertiary/aromatic N) is 6. The molecular formula is C33H31N7O3S2. The summed E-state index contributed by atoms with van der Waals surface area (Å²) in [6, 6.07) is 23.8. The van der Waals surface area contributed by atoms with Crippen molar-refractivity contribution in [2.45, 2.75) is 36.7 Å². The third-order valence-electron chi connectivity index (χ3n) is 8.09. The van der Waals surface area contributed by atoms with E-state index >= 15 is 0 Å². The van der Waals surface area contributed by atoms with Crippen molar-refractivity contribution in [1.29, 1.82) is 0 Å². The molecule has 0 spiro atoms.